The van der Waals surface area contributed by atoms with Crippen molar-refractivity contribution in [3.8, 4) is 0 Å². The number of carbonyl (C=O) groups is 1. The number of ether oxygens (including phenoxy) is 1. The lowest BCUT2D eigenvalue weighted by Gasteiger charge is -2.18. The van der Waals surface area contributed by atoms with Crippen LogP contribution >= 0.6 is 0 Å². The van der Waals surface area contributed by atoms with Gasteiger partial charge in [-0.05, 0) is 32.9 Å². The number of allylic oxidation sites excluding steroid dienone is 3. The molecule has 80 valence electrons. The van der Waals surface area contributed by atoms with E-state index in [1.165, 1.54) is 12.4 Å². The van der Waals surface area contributed by atoms with Gasteiger partial charge in [0.1, 0.15) is 5.60 Å². The molecule has 0 spiro atoms. The van der Waals surface area contributed by atoms with Crippen LogP contribution in [0.2, 0.25) is 0 Å². The van der Waals surface area contributed by atoms with Crippen molar-refractivity contribution in [3.63, 3.8) is 0 Å². The van der Waals surface area contributed by atoms with Crippen molar-refractivity contribution in [2.45, 2.75) is 26.4 Å². The maximum absolute atomic E-state index is 11.6. The lowest BCUT2D eigenvalue weighted by atomic mass is 10.2. The van der Waals surface area contributed by atoms with E-state index >= 15 is 0 Å². The van der Waals surface area contributed by atoms with Crippen LogP contribution in [0.4, 0.5) is 0 Å². The number of aliphatic imine (C=N–C) groups is 2. The molecule has 0 saturated carbocycles. The fraction of sp³-hybridized carbons (Fsp3) is 0.364. The van der Waals surface area contributed by atoms with Crippen LogP contribution in [-0.4, -0.2) is 23.6 Å². The fourth-order valence-electron chi connectivity index (χ4n) is 0.853. The highest BCUT2D eigenvalue weighted by Gasteiger charge is 2.20. The van der Waals surface area contributed by atoms with Gasteiger partial charge in [0, 0.05) is 12.4 Å². The van der Waals surface area contributed by atoms with E-state index in [0.717, 1.165) is 0 Å². The van der Waals surface area contributed by atoms with Crippen LogP contribution in [0.1, 0.15) is 20.8 Å². The monoisotopic (exact) mass is 206 g/mol. The van der Waals surface area contributed by atoms with Gasteiger partial charge >= 0.3 is 5.97 Å². The summed E-state index contributed by atoms with van der Waals surface area (Å²) in [6, 6.07) is 0. The van der Waals surface area contributed by atoms with Crippen molar-refractivity contribution in [1.82, 2.24) is 0 Å². The third-order valence-electron chi connectivity index (χ3n) is 1.37. The molecule has 0 aromatic heterocycles. The average Bonchev–Trinajstić information content (AvgIpc) is 1.98. The molecule has 0 unspecified atom stereocenters. The number of esters is 1. The van der Waals surface area contributed by atoms with E-state index in [1.807, 2.05) is 0 Å². The second-order valence-electron chi connectivity index (χ2n) is 3.96. The van der Waals surface area contributed by atoms with Gasteiger partial charge in [0.15, 0.2) is 0 Å². The fourth-order valence-corrected chi connectivity index (χ4v) is 0.853. The van der Waals surface area contributed by atoms with E-state index < -0.39 is 11.6 Å². The van der Waals surface area contributed by atoms with Gasteiger partial charge in [0.2, 0.25) is 5.84 Å². The zero-order valence-electron chi connectivity index (χ0n) is 9.10. The second kappa shape index (κ2) is 4.68. The minimum atomic E-state index is -0.531. The van der Waals surface area contributed by atoms with Crippen LogP contribution in [-0.2, 0) is 9.53 Å². The van der Waals surface area contributed by atoms with Gasteiger partial charge in [0.05, 0.1) is 0 Å². The average molecular weight is 206 g/mol. The Hall–Kier alpha value is -1.71. The summed E-state index contributed by atoms with van der Waals surface area (Å²) in [5.74, 6) is -0.454. The molecule has 1 rings (SSSR count). The van der Waals surface area contributed by atoms with Gasteiger partial charge in [-0.25, -0.2) is 14.8 Å². The lowest BCUT2D eigenvalue weighted by Crippen LogP contribution is -2.28. The number of amidine groups is 1. The van der Waals surface area contributed by atoms with Crippen molar-refractivity contribution in [1.29, 1.82) is 0 Å². The summed E-state index contributed by atoms with van der Waals surface area (Å²) in [4.78, 5) is 19.3. The molecule has 4 nitrogen and oxygen atoms in total. The molecular weight excluding hydrogens is 192 g/mol. The zero-order chi connectivity index (χ0) is 11.3. The number of nitrogens with zero attached hydrogens (tertiary/aromatic N) is 2. The van der Waals surface area contributed by atoms with E-state index in [4.69, 9.17) is 4.74 Å². The molecule has 0 atom stereocenters. The normalized spacial score (nSPS) is 15.5. The first-order chi connectivity index (χ1) is 6.99. The SMILES string of the molecule is CC(C)(C)OC(=O)C1=NC=CC=CC=N1. The third kappa shape index (κ3) is 4.35. The number of hydrogen-bond acceptors (Lipinski definition) is 4. The molecule has 15 heavy (non-hydrogen) atoms. The second-order valence-corrected chi connectivity index (χ2v) is 3.96. The van der Waals surface area contributed by atoms with Crippen molar-refractivity contribution in [2.24, 2.45) is 9.98 Å². The van der Waals surface area contributed by atoms with Crippen molar-refractivity contribution < 1.29 is 9.53 Å². The Morgan fingerprint density at radius 3 is 2.67 bits per heavy atom. The van der Waals surface area contributed by atoms with Crippen LogP contribution in [0.15, 0.2) is 34.4 Å². The van der Waals surface area contributed by atoms with Crippen LogP contribution < -0.4 is 0 Å². The van der Waals surface area contributed by atoms with E-state index in [-0.39, 0.29) is 5.84 Å². The van der Waals surface area contributed by atoms with E-state index in [1.54, 1.807) is 39.0 Å². The molecule has 0 N–H and O–H groups in total. The number of rotatable bonds is 1. The summed E-state index contributed by atoms with van der Waals surface area (Å²) in [7, 11) is 0. The van der Waals surface area contributed by atoms with Gasteiger partial charge < -0.3 is 4.74 Å². The van der Waals surface area contributed by atoms with Gasteiger partial charge in [-0.3, -0.25) is 0 Å². The molecule has 1 aliphatic heterocycles. The van der Waals surface area contributed by atoms with Crippen LogP contribution in [0.3, 0.4) is 0 Å². The Balaban J connectivity index is 2.75. The first kappa shape index (κ1) is 11.4. The summed E-state index contributed by atoms with van der Waals surface area (Å²) in [6.07, 6.45) is 8.22. The predicted octanol–water partition coefficient (Wildman–Crippen LogP) is 1.88. The number of hydrogen-bond donors (Lipinski definition) is 0. The van der Waals surface area contributed by atoms with Crippen LogP contribution in [0.25, 0.3) is 0 Å². The molecule has 0 aromatic rings. The largest absolute Gasteiger partial charge is 0.454 e. The quantitative estimate of drug-likeness (QED) is 0.615. The summed E-state index contributed by atoms with van der Waals surface area (Å²) >= 11 is 0. The van der Waals surface area contributed by atoms with E-state index in [9.17, 15) is 4.79 Å². The third-order valence-corrected chi connectivity index (χ3v) is 1.37. The van der Waals surface area contributed by atoms with Gasteiger partial charge in [-0.15, -0.1) is 0 Å². The molecule has 0 bridgehead atoms. The van der Waals surface area contributed by atoms with Gasteiger partial charge in [-0.1, -0.05) is 6.08 Å². The lowest BCUT2D eigenvalue weighted by molar-refractivity contribution is -0.146. The Labute approximate surface area is 89.1 Å². The molecule has 0 aliphatic carbocycles. The summed E-state index contributed by atoms with van der Waals surface area (Å²) in [5, 5.41) is 0. The van der Waals surface area contributed by atoms with Gasteiger partial charge in [-0.2, -0.15) is 0 Å². The highest BCUT2D eigenvalue weighted by atomic mass is 16.6. The first-order valence-electron chi connectivity index (χ1n) is 4.66. The Morgan fingerprint density at radius 2 is 2.00 bits per heavy atom. The standard InChI is InChI=1S/C11H14N2O2/c1-11(2,3)15-10(14)9-12-7-5-4-6-8-13-9/h4-8H,1-3H3. The van der Waals surface area contributed by atoms with Crippen LogP contribution in [0.5, 0.6) is 0 Å². The van der Waals surface area contributed by atoms with Crippen LogP contribution in [0, 0.1) is 0 Å². The highest BCUT2D eigenvalue weighted by molar-refractivity contribution is 6.37. The van der Waals surface area contributed by atoms with Crippen molar-refractivity contribution in [3.05, 3.63) is 24.4 Å². The molecule has 1 aliphatic rings. The zero-order valence-corrected chi connectivity index (χ0v) is 9.10. The summed E-state index contributed by atoms with van der Waals surface area (Å²) in [5.41, 5.74) is -0.531. The predicted molar refractivity (Wildman–Crippen MR) is 60.1 cm³/mol. The molecule has 1 heterocycles. The first-order valence-corrected chi connectivity index (χ1v) is 4.66. The van der Waals surface area contributed by atoms with Crippen molar-refractivity contribution in [2.75, 3.05) is 0 Å². The molecule has 4 heteroatoms. The molecule has 0 saturated heterocycles. The van der Waals surface area contributed by atoms with Gasteiger partial charge in [0.25, 0.3) is 0 Å². The topological polar surface area (TPSA) is 51.0 Å². The molecular formula is C11H14N2O2. The maximum Gasteiger partial charge on any atom is 0.376 e. The maximum atomic E-state index is 11.6. The van der Waals surface area contributed by atoms with E-state index in [2.05, 4.69) is 9.98 Å². The Bertz CT molecular complexity index is 357. The number of carbonyl (C=O) groups excluding carboxylic acids is 1. The minimum Gasteiger partial charge on any atom is -0.454 e. The highest BCUT2D eigenvalue weighted by Crippen LogP contribution is 2.08. The summed E-state index contributed by atoms with van der Waals surface area (Å²) < 4.78 is 5.13. The van der Waals surface area contributed by atoms with E-state index in [0.29, 0.717) is 0 Å². The minimum absolute atomic E-state index is 0.0607. The van der Waals surface area contributed by atoms with Crippen molar-refractivity contribution >= 4 is 18.0 Å². The molecule has 0 aromatic carbocycles. The molecule has 0 amide bonds. The summed E-state index contributed by atoms with van der Waals surface area (Å²) in [6.45, 7) is 5.40. The Kier molecular flexibility index (Phi) is 3.55. The smallest absolute Gasteiger partial charge is 0.376 e. The molecule has 0 fully saturated rings. The molecule has 0 radical (unpaired) electrons. The Morgan fingerprint density at radius 1 is 1.27 bits per heavy atom.